The van der Waals surface area contributed by atoms with Crippen molar-refractivity contribution in [3.63, 3.8) is 0 Å². The van der Waals surface area contributed by atoms with E-state index in [9.17, 15) is 5.11 Å². The molecule has 20 heavy (non-hydrogen) atoms. The fourth-order valence-electron chi connectivity index (χ4n) is 1.98. The fourth-order valence-corrected chi connectivity index (χ4v) is 1.98. The van der Waals surface area contributed by atoms with Crippen LogP contribution in [0.1, 0.15) is 17.4 Å². The molecule has 5 heteroatoms. The van der Waals surface area contributed by atoms with E-state index in [4.69, 9.17) is 9.47 Å². The highest BCUT2D eigenvalue weighted by molar-refractivity contribution is 5.97. The van der Waals surface area contributed by atoms with Crippen molar-refractivity contribution >= 4 is 5.90 Å². The predicted octanol–water partition coefficient (Wildman–Crippen LogP) is 2.38. The number of ether oxygens (including phenoxy) is 2. The van der Waals surface area contributed by atoms with Crippen molar-refractivity contribution in [2.75, 3.05) is 7.11 Å². The lowest BCUT2D eigenvalue weighted by Gasteiger charge is -2.12. The van der Waals surface area contributed by atoms with Crippen LogP contribution >= 0.6 is 0 Å². The summed E-state index contributed by atoms with van der Waals surface area (Å²) in [5.74, 6) is 1.31. The Labute approximate surface area is 116 Å². The normalized spacial score (nSPS) is 17.1. The zero-order valence-corrected chi connectivity index (χ0v) is 10.9. The van der Waals surface area contributed by atoms with Crippen LogP contribution in [0, 0.1) is 0 Å². The van der Waals surface area contributed by atoms with Gasteiger partial charge in [0.25, 0.3) is 0 Å². The molecule has 1 atom stereocenters. The van der Waals surface area contributed by atoms with E-state index in [1.807, 2.05) is 30.3 Å². The molecule has 2 aromatic carbocycles. The Hall–Kier alpha value is -2.69. The highest BCUT2D eigenvalue weighted by Crippen LogP contribution is 2.26. The zero-order valence-electron chi connectivity index (χ0n) is 10.9. The average molecular weight is 270 g/mol. The van der Waals surface area contributed by atoms with Gasteiger partial charge in [0.2, 0.25) is 12.1 Å². The first-order valence-electron chi connectivity index (χ1n) is 6.20. The van der Waals surface area contributed by atoms with Gasteiger partial charge in [-0.25, -0.2) is 0 Å². The number of methoxy groups -OCH3 is 1. The highest BCUT2D eigenvalue weighted by Gasteiger charge is 2.23. The number of nitrogens with one attached hydrogen (secondary N) is 1. The first-order chi connectivity index (χ1) is 9.78. The topological polar surface area (TPSA) is 63.1 Å². The van der Waals surface area contributed by atoms with Crippen LogP contribution < -0.4 is 10.2 Å². The van der Waals surface area contributed by atoms with E-state index in [2.05, 4.69) is 10.5 Å². The van der Waals surface area contributed by atoms with Gasteiger partial charge in [0, 0.05) is 5.56 Å². The average Bonchev–Trinajstić information content (AvgIpc) is 2.97. The summed E-state index contributed by atoms with van der Waals surface area (Å²) in [6.07, 6.45) is -0.365. The molecule has 1 heterocycles. The third-order valence-electron chi connectivity index (χ3n) is 3.07. The van der Waals surface area contributed by atoms with Crippen molar-refractivity contribution in [3.05, 3.63) is 59.7 Å². The Morgan fingerprint density at radius 2 is 1.90 bits per heavy atom. The van der Waals surface area contributed by atoms with Gasteiger partial charge in [0.05, 0.1) is 12.7 Å². The second kappa shape index (κ2) is 5.13. The number of rotatable bonds is 3. The number of hydrogen-bond donors (Lipinski definition) is 2. The van der Waals surface area contributed by atoms with E-state index in [0.29, 0.717) is 11.5 Å². The van der Waals surface area contributed by atoms with Crippen LogP contribution in [0.5, 0.6) is 11.5 Å². The molecule has 0 radical (unpaired) electrons. The second-order valence-electron chi connectivity index (χ2n) is 4.33. The molecule has 102 valence electrons. The van der Waals surface area contributed by atoms with Crippen LogP contribution in [-0.2, 0) is 4.74 Å². The summed E-state index contributed by atoms with van der Waals surface area (Å²) in [7, 11) is 1.62. The van der Waals surface area contributed by atoms with Crippen molar-refractivity contribution in [2.45, 2.75) is 6.23 Å². The van der Waals surface area contributed by atoms with Gasteiger partial charge in [-0.05, 0) is 36.4 Å². The number of hydrogen-bond acceptors (Lipinski definition) is 5. The quantitative estimate of drug-likeness (QED) is 0.899. The maximum absolute atomic E-state index is 9.79. The maximum Gasteiger partial charge on any atom is 0.244 e. The summed E-state index contributed by atoms with van der Waals surface area (Å²) >= 11 is 0. The van der Waals surface area contributed by atoms with Crippen LogP contribution in [0.2, 0.25) is 0 Å². The minimum absolute atomic E-state index is 0.142. The Kier molecular flexibility index (Phi) is 3.16. The SMILES string of the molecule is COc1ccc(C2NN=C(c3ccccc3O)O2)cc1. The molecule has 0 aromatic heterocycles. The molecule has 0 saturated carbocycles. The molecule has 5 nitrogen and oxygen atoms in total. The third kappa shape index (κ3) is 2.25. The standard InChI is InChI=1S/C15H14N2O3/c1-19-11-8-6-10(7-9-11)14-16-17-15(20-14)12-4-2-3-5-13(12)18/h2-9,14,16,18H,1H3. The molecule has 2 aromatic rings. The Balaban J connectivity index is 1.77. The van der Waals surface area contributed by atoms with Crippen molar-refractivity contribution in [1.29, 1.82) is 0 Å². The molecule has 1 aliphatic rings. The van der Waals surface area contributed by atoms with Gasteiger partial charge in [0.15, 0.2) is 0 Å². The summed E-state index contributed by atoms with van der Waals surface area (Å²) in [5.41, 5.74) is 4.40. The maximum atomic E-state index is 9.79. The molecular formula is C15H14N2O3. The van der Waals surface area contributed by atoms with Gasteiger partial charge in [-0.1, -0.05) is 12.1 Å². The lowest BCUT2D eigenvalue weighted by molar-refractivity contribution is 0.191. The van der Waals surface area contributed by atoms with Gasteiger partial charge >= 0.3 is 0 Å². The summed E-state index contributed by atoms with van der Waals surface area (Å²) < 4.78 is 10.8. The van der Waals surface area contributed by atoms with Gasteiger partial charge in [-0.2, -0.15) is 0 Å². The molecule has 1 aliphatic heterocycles. The highest BCUT2D eigenvalue weighted by atomic mass is 16.5. The molecule has 0 bridgehead atoms. The smallest absolute Gasteiger partial charge is 0.244 e. The van der Waals surface area contributed by atoms with Crippen molar-refractivity contribution in [1.82, 2.24) is 5.43 Å². The molecular weight excluding hydrogens is 256 g/mol. The minimum atomic E-state index is -0.365. The number of nitrogens with zero attached hydrogens (tertiary/aromatic N) is 1. The summed E-state index contributed by atoms with van der Waals surface area (Å²) in [6, 6.07) is 14.5. The minimum Gasteiger partial charge on any atom is -0.507 e. The number of aromatic hydroxyl groups is 1. The Morgan fingerprint density at radius 3 is 2.60 bits per heavy atom. The molecule has 0 saturated heterocycles. The van der Waals surface area contributed by atoms with Crippen molar-refractivity contribution < 1.29 is 14.6 Å². The lowest BCUT2D eigenvalue weighted by Crippen LogP contribution is -2.12. The molecule has 1 unspecified atom stereocenters. The number of phenols is 1. The predicted molar refractivity (Wildman–Crippen MR) is 74.6 cm³/mol. The largest absolute Gasteiger partial charge is 0.507 e. The van der Waals surface area contributed by atoms with Crippen molar-refractivity contribution in [2.24, 2.45) is 5.10 Å². The van der Waals surface area contributed by atoms with Gasteiger partial charge in [0.1, 0.15) is 11.5 Å². The van der Waals surface area contributed by atoms with E-state index in [0.717, 1.165) is 11.3 Å². The lowest BCUT2D eigenvalue weighted by atomic mass is 10.2. The van der Waals surface area contributed by atoms with E-state index < -0.39 is 0 Å². The molecule has 3 rings (SSSR count). The first kappa shape index (κ1) is 12.3. The van der Waals surface area contributed by atoms with Gasteiger partial charge in [-0.15, -0.1) is 5.10 Å². The number of benzene rings is 2. The molecule has 0 spiro atoms. The number of hydrazone groups is 1. The third-order valence-corrected chi connectivity index (χ3v) is 3.07. The van der Waals surface area contributed by atoms with Crippen LogP contribution in [0.4, 0.5) is 0 Å². The van der Waals surface area contributed by atoms with Gasteiger partial charge in [-0.3, -0.25) is 5.43 Å². The molecule has 0 amide bonds. The van der Waals surface area contributed by atoms with E-state index >= 15 is 0 Å². The van der Waals surface area contributed by atoms with Gasteiger partial charge < -0.3 is 14.6 Å². The van der Waals surface area contributed by atoms with Crippen LogP contribution in [0.25, 0.3) is 0 Å². The number of para-hydroxylation sites is 1. The second-order valence-corrected chi connectivity index (χ2v) is 4.33. The van der Waals surface area contributed by atoms with E-state index in [1.165, 1.54) is 0 Å². The zero-order chi connectivity index (χ0) is 13.9. The molecule has 0 fully saturated rings. The van der Waals surface area contributed by atoms with Crippen molar-refractivity contribution in [3.8, 4) is 11.5 Å². The fraction of sp³-hybridized carbons (Fsp3) is 0.133. The Bertz CT molecular complexity index is 638. The first-order valence-corrected chi connectivity index (χ1v) is 6.20. The Morgan fingerprint density at radius 1 is 1.15 bits per heavy atom. The summed E-state index contributed by atoms with van der Waals surface area (Å²) in [5, 5.41) is 13.9. The van der Waals surface area contributed by atoms with E-state index in [-0.39, 0.29) is 12.0 Å². The van der Waals surface area contributed by atoms with Crippen LogP contribution in [0.3, 0.4) is 0 Å². The van der Waals surface area contributed by atoms with E-state index in [1.54, 1.807) is 25.3 Å². The molecule has 2 N–H and O–H groups in total. The van der Waals surface area contributed by atoms with Crippen LogP contribution in [0.15, 0.2) is 53.6 Å². The van der Waals surface area contributed by atoms with Crippen LogP contribution in [-0.4, -0.2) is 18.1 Å². The summed E-state index contributed by atoms with van der Waals surface area (Å²) in [6.45, 7) is 0. The summed E-state index contributed by atoms with van der Waals surface area (Å²) in [4.78, 5) is 0. The number of phenolic OH excluding ortho intramolecular Hbond substituents is 1. The monoisotopic (exact) mass is 270 g/mol. The molecule has 0 aliphatic carbocycles.